The summed E-state index contributed by atoms with van der Waals surface area (Å²) in [5.41, 5.74) is 3.07. The van der Waals surface area contributed by atoms with Gasteiger partial charge in [0.2, 0.25) is 0 Å². The van der Waals surface area contributed by atoms with E-state index >= 15 is 0 Å². The second-order valence-electron chi connectivity index (χ2n) is 4.03. The van der Waals surface area contributed by atoms with E-state index in [-0.39, 0.29) is 6.61 Å². The van der Waals surface area contributed by atoms with Gasteiger partial charge in [0.15, 0.2) is 0 Å². The molecule has 0 bridgehead atoms. The first-order valence-corrected chi connectivity index (χ1v) is 5.61. The molecule has 0 saturated carbocycles. The van der Waals surface area contributed by atoms with Crippen LogP contribution in [0.1, 0.15) is 11.1 Å². The quantitative estimate of drug-likeness (QED) is 0.850. The zero-order valence-corrected chi connectivity index (χ0v) is 11.2. The van der Waals surface area contributed by atoms with Crippen molar-refractivity contribution in [2.75, 3.05) is 39.3 Å². The number of hydrogen-bond acceptors (Lipinski definition) is 4. The smallest absolute Gasteiger partial charge is 0.145 e. The van der Waals surface area contributed by atoms with Crippen molar-refractivity contribution in [1.82, 2.24) is 0 Å². The first-order valence-electron chi connectivity index (χ1n) is 5.61. The maximum Gasteiger partial charge on any atom is 0.145 e. The predicted octanol–water partition coefficient (Wildman–Crippen LogP) is 1.75. The van der Waals surface area contributed by atoms with E-state index in [9.17, 15) is 0 Å². The van der Waals surface area contributed by atoms with Gasteiger partial charge in [-0.15, -0.1) is 0 Å². The van der Waals surface area contributed by atoms with Gasteiger partial charge in [-0.05, 0) is 25.0 Å². The van der Waals surface area contributed by atoms with Gasteiger partial charge in [-0.2, -0.15) is 0 Å². The molecule has 0 saturated heterocycles. The molecule has 0 unspecified atom stereocenters. The Morgan fingerprint density at radius 1 is 1.18 bits per heavy atom. The van der Waals surface area contributed by atoms with Gasteiger partial charge in [-0.3, -0.25) is 0 Å². The van der Waals surface area contributed by atoms with E-state index in [2.05, 4.69) is 0 Å². The summed E-state index contributed by atoms with van der Waals surface area (Å²) in [5.74, 6) is 1.67. The summed E-state index contributed by atoms with van der Waals surface area (Å²) in [6, 6.07) is 1.94. The number of benzene rings is 1. The van der Waals surface area contributed by atoms with Gasteiger partial charge in [0, 0.05) is 19.7 Å². The Morgan fingerprint density at radius 3 is 2.29 bits per heavy atom. The van der Waals surface area contributed by atoms with Crippen LogP contribution < -0.4 is 14.4 Å². The van der Waals surface area contributed by atoms with Crippen molar-refractivity contribution in [2.24, 2.45) is 0 Å². The number of likely N-dealkylation sites (N-methyl/N-ethyl adjacent to an activating group) is 1. The summed E-state index contributed by atoms with van der Waals surface area (Å²) in [6.45, 7) is 4.68. The Kier molecular flexibility index (Phi) is 4.63. The van der Waals surface area contributed by atoms with Crippen LogP contribution in [-0.4, -0.2) is 39.5 Å². The molecule has 0 heterocycles. The maximum atomic E-state index is 9.00. The van der Waals surface area contributed by atoms with Gasteiger partial charge < -0.3 is 19.5 Å². The van der Waals surface area contributed by atoms with Crippen molar-refractivity contribution in [2.45, 2.75) is 13.8 Å². The number of nitrogens with zero attached hydrogens (tertiary/aromatic N) is 1. The molecule has 0 aliphatic rings. The highest BCUT2D eigenvalue weighted by atomic mass is 16.5. The summed E-state index contributed by atoms with van der Waals surface area (Å²) in [5, 5.41) is 9.00. The first-order chi connectivity index (χ1) is 8.06. The second-order valence-corrected chi connectivity index (χ2v) is 4.03. The van der Waals surface area contributed by atoms with Crippen LogP contribution in [0.5, 0.6) is 11.5 Å². The van der Waals surface area contributed by atoms with Gasteiger partial charge in [0.1, 0.15) is 11.5 Å². The van der Waals surface area contributed by atoms with Gasteiger partial charge in [0.25, 0.3) is 0 Å². The summed E-state index contributed by atoms with van der Waals surface area (Å²) in [7, 11) is 5.23. The molecule has 1 N–H and O–H groups in total. The third-order valence-corrected chi connectivity index (χ3v) is 3.04. The normalized spacial score (nSPS) is 10.2. The van der Waals surface area contributed by atoms with Crippen LogP contribution in [0.15, 0.2) is 6.07 Å². The molecule has 0 amide bonds. The van der Waals surface area contributed by atoms with Gasteiger partial charge in [-0.1, -0.05) is 0 Å². The molecular formula is C13H21NO3. The number of aliphatic hydroxyl groups is 1. The maximum absolute atomic E-state index is 9.00. The Hall–Kier alpha value is -1.42. The van der Waals surface area contributed by atoms with Crippen molar-refractivity contribution in [3.05, 3.63) is 17.2 Å². The summed E-state index contributed by atoms with van der Waals surface area (Å²) in [4.78, 5) is 1.95. The molecule has 1 aromatic rings. The molecule has 0 aromatic heterocycles. The number of anilines is 1. The molecule has 0 radical (unpaired) electrons. The van der Waals surface area contributed by atoms with Crippen LogP contribution in [0, 0.1) is 13.8 Å². The fourth-order valence-corrected chi connectivity index (χ4v) is 1.87. The first kappa shape index (κ1) is 13.6. The average molecular weight is 239 g/mol. The van der Waals surface area contributed by atoms with E-state index in [0.717, 1.165) is 28.3 Å². The number of ether oxygens (including phenoxy) is 2. The molecule has 0 aliphatic carbocycles. The Labute approximate surface area is 103 Å². The third-order valence-electron chi connectivity index (χ3n) is 3.04. The average Bonchev–Trinajstić information content (AvgIpc) is 2.32. The number of rotatable bonds is 5. The van der Waals surface area contributed by atoms with E-state index < -0.39 is 0 Å². The lowest BCUT2D eigenvalue weighted by atomic mass is 10.1. The predicted molar refractivity (Wildman–Crippen MR) is 69.4 cm³/mol. The summed E-state index contributed by atoms with van der Waals surface area (Å²) in [6.07, 6.45) is 0. The molecule has 4 nitrogen and oxygen atoms in total. The molecule has 0 atom stereocenters. The van der Waals surface area contributed by atoms with E-state index in [4.69, 9.17) is 14.6 Å². The molecule has 4 heteroatoms. The highest BCUT2D eigenvalue weighted by molar-refractivity contribution is 5.67. The van der Waals surface area contributed by atoms with Crippen LogP contribution in [0.25, 0.3) is 0 Å². The topological polar surface area (TPSA) is 41.9 Å². The van der Waals surface area contributed by atoms with E-state index in [1.165, 1.54) is 0 Å². The standard InChI is InChI=1S/C13H21NO3/c1-9-10(2)13(17-5)11(8-12(9)16-4)14(3)6-7-15/h8,15H,6-7H2,1-5H3. The highest BCUT2D eigenvalue weighted by Gasteiger charge is 2.16. The lowest BCUT2D eigenvalue weighted by Crippen LogP contribution is -2.22. The van der Waals surface area contributed by atoms with E-state index in [1.54, 1.807) is 14.2 Å². The zero-order chi connectivity index (χ0) is 13.0. The number of hydrogen-bond donors (Lipinski definition) is 1. The Morgan fingerprint density at radius 2 is 1.82 bits per heavy atom. The fourth-order valence-electron chi connectivity index (χ4n) is 1.87. The van der Waals surface area contributed by atoms with Gasteiger partial charge in [0.05, 0.1) is 26.5 Å². The minimum Gasteiger partial charge on any atom is -0.496 e. The lowest BCUT2D eigenvalue weighted by Gasteiger charge is -2.24. The largest absolute Gasteiger partial charge is 0.496 e. The van der Waals surface area contributed by atoms with Crippen molar-refractivity contribution in [3.8, 4) is 11.5 Å². The van der Waals surface area contributed by atoms with Crippen molar-refractivity contribution < 1.29 is 14.6 Å². The zero-order valence-electron chi connectivity index (χ0n) is 11.2. The van der Waals surface area contributed by atoms with Crippen LogP contribution in [0.2, 0.25) is 0 Å². The second kappa shape index (κ2) is 5.77. The monoisotopic (exact) mass is 239 g/mol. The summed E-state index contributed by atoms with van der Waals surface area (Å²) < 4.78 is 10.8. The van der Waals surface area contributed by atoms with Crippen LogP contribution >= 0.6 is 0 Å². The van der Waals surface area contributed by atoms with Crippen LogP contribution in [0.4, 0.5) is 5.69 Å². The Balaban J connectivity index is 3.31. The number of methoxy groups -OCH3 is 2. The SMILES string of the molecule is COc1cc(N(C)CCO)c(OC)c(C)c1C. The molecule has 0 spiro atoms. The van der Waals surface area contributed by atoms with Crippen LogP contribution in [0.3, 0.4) is 0 Å². The molecule has 1 rings (SSSR count). The molecule has 0 fully saturated rings. The Bertz CT molecular complexity index is 391. The fraction of sp³-hybridized carbons (Fsp3) is 0.538. The molecule has 0 aliphatic heterocycles. The van der Waals surface area contributed by atoms with Gasteiger partial charge >= 0.3 is 0 Å². The lowest BCUT2D eigenvalue weighted by molar-refractivity contribution is 0.303. The summed E-state index contributed by atoms with van der Waals surface area (Å²) >= 11 is 0. The highest BCUT2D eigenvalue weighted by Crippen LogP contribution is 2.38. The van der Waals surface area contributed by atoms with Crippen LogP contribution in [-0.2, 0) is 0 Å². The van der Waals surface area contributed by atoms with E-state index in [0.29, 0.717) is 6.54 Å². The van der Waals surface area contributed by atoms with Gasteiger partial charge in [-0.25, -0.2) is 0 Å². The molecule has 96 valence electrons. The number of aliphatic hydroxyl groups excluding tert-OH is 1. The van der Waals surface area contributed by atoms with Crippen molar-refractivity contribution in [1.29, 1.82) is 0 Å². The van der Waals surface area contributed by atoms with Crippen molar-refractivity contribution in [3.63, 3.8) is 0 Å². The minimum absolute atomic E-state index is 0.106. The molecule has 1 aromatic carbocycles. The molecule has 17 heavy (non-hydrogen) atoms. The van der Waals surface area contributed by atoms with Crippen molar-refractivity contribution >= 4 is 5.69 Å². The minimum atomic E-state index is 0.106. The molecular weight excluding hydrogens is 218 g/mol. The van der Waals surface area contributed by atoms with E-state index in [1.807, 2.05) is 31.9 Å². The third kappa shape index (κ3) is 2.64.